The van der Waals surface area contributed by atoms with Crippen LogP contribution < -0.4 is 5.73 Å². The third-order valence-corrected chi connectivity index (χ3v) is 3.71. The predicted molar refractivity (Wildman–Crippen MR) is 78.2 cm³/mol. The Labute approximate surface area is 117 Å². The molecule has 0 radical (unpaired) electrons. The van der Waals surface area contributed by atoms with Crippen molar-refractivity contribution in [2.75, 3.05) is 5.73 Å². The van der Waals surface area contributed by atoms with E-state index < -0.39 is 0 Å². The highest BCUT2D eigenvalue weighted by Crippen LogP contribution is 2.29. The standard InChI is InChI=1S/C14H19N3OS/c1-9-5-6-10(15)11(7-9)19-8-12-16-13(17-18-12)14(2,3)4/h5-7H,8,15H2,1-4H3. The van der Waals surface area contributed by atoms with E-state index in [1.807, 2.05) is 19.1 Å². The second kappa shape index (κ2) is 5.25. The third kappa shape index (κ3) is 3.50. The van der Waals surface area contributed by atoms with Crippen LogP contribution in [0.2, 0.25) is 0 Å². The van der Waals surface area contributed by atoms with Gasteiger partial charge >= 0.3 is 0 Å². The Morgan fingerprint density at radius 1 is 1.32 bits per heavy atom. The van der Waals surface area contributed by atoms with Crippen molar-refractivity contribution >= 4 is 17.4 Å². The topological polar surface area (TPSA) is 64.9 Å². The molecule has 0 aliphatic heterocycles. The summed E-state index contributed by atoms with van der Waals surface area (Å²) in [6, 6.07) is 6.00. The molecule has 102 valence electrons. The van der Waals surface area contributed by atoms with Gasteiger partial charge in [-0.1, -0.05) is 32.0 Å². The van der Waals surface area contributed by atoms with E-state index in [0.29, 0.717) is 11.6 Å². The highest BCUT2D eigenvalue weighted by molar-refractivity contribution is 7.98. The molecule has 5 heteroatoms. The molecule has 0 atom stereocenters. The van der Waals surface area contributed by atoms with Crippen molar-refractivity contribution in [1.82, 2.24) is 10.1 Å². The summed E-state index contributed by atoms with van der Waals surface area (Å²) in [5, 5.41) is 4.01. The zero-order chi connectivity index (χ0) is 14.0. The number of nitrogens with two attached hydrogens (primary N) is 1. The number of anilines is 1. The molecule has 0 aliphatic rings. The van der Waals surface area contributed by atoms with Gasteiger partial charge in [-0.25, -0.2) is 0 Å². The zero-order valence-electron chi connectivity index (χ0n) is 11.7. The second-order valence-electron chi connectivity index (χ2n) is 5.59. The fourth-order valence-electron chi connectivity index (χ4n) is 1.52. The highest BCUT2D eigenvalue weighted by atomic mass is 32.2. The molecule has 2 aromatic rings. The van der Waals surface area contributed by atoms with Crippen molar-refractivity contribution in [2.24, 2.45) is 0 Å². The number of nitrogens with zero attached hydrogens (tertiary/aromatic N) is 2. The van der Waals surface area contributed by atoms with Gasteiger partial charge in [-0.3, -0.25) is 0 Å². The second-order valence-corrected chi connectivity index (χ2v) is 6.61. The number of aromatic nitrogens is 2. The molecule has 19 heavy (non-hydrogen) atoms. The lowest BCUT2D eigenvalue weighted by Crippen LogP contribution is -2.13. The molecule has 0 aliphatic carbocycles. The van der Waals surface area contributed by atoms with Gasteiger partial charge in [0.05, 0.1) is 5.75 Å². The van der Waals surface area contributed by atoms with Gasteiger partial charge in [0.1, 0.15) is 0 Å². The minimum absolute atomic E-state index is 0.0885. The highest BCUT2D eigenvalue weighted by Gasteiger charge is 2.20. The first-order chi connectivity index (χ1) is 8.86. The first-order valence-electron chi connectivity index (χ1n) is 6.18. The molecular weight excluding hydrogens is 258 g/mol. The molecule has 0 fully saturated rings. The van der Waals surface area contributed by atoms with Crippen LogP contribution in [0.15, 0.2) is 27.6 Å². The summed E-state index contributed by atoms with van der Waals surface area (Å²) in [5.74, 6) is 2.01. The zero-order valence-corrected chi connectivity index (χ0v) is 12.5. The summed E-state index contributed by atoms with van der Waals surface area (Å²) in [6.07, 6.45) is 0. The van der Waals surface area contributed by atoms with Crippen LogP contribution in [-0.4, -0.2) is 10.1 Å². The van der Waals surface area contributed by atoms with Gasteiger partial charge in [-0.05, 0) is 24.6 Å². The summed E-state index contributed by atoms with van der Waals surface area (Å²) in [4.78, 5) is 5.46. The quantitative estimate of drug-likeness (QED) is 0.686. The first kappa shape index (κ1) is 13.9. The van der Waals surface area contributed by atoms with Crippen LogP contribution in [0.4, 0.5) is 5.69 Å². The van der Waals surface area contributed by atoms with Crippen LogP contribution in [0.3, 0.4) is 0 Å². The lowest BCUT2D eigenvalue weighted by atomic mass is 9.96. The van der Waals surface area contributed by atoms with Gasteiger partial charge in [-0.15, -0.1) is 11.8 Å². The lowest BCUT2D eigenvalue weighted by molar-refractivity contribution is 0.373. The fraction of sp³-hybridized carbons (Fsp3) is 0.429. The summed E-state index contributed by atoms with van der Waals surface area (Å²) in [5.41, 5.74) is 7.83. The fourth-order valence-corrected chi connectivity index (χ4v) is 2.42. The summed E-state index contributed by atoms with van der Waals surface area (Å²) in [6.45, 7) is 8.24. The lowest BCUT2D eigenvalue weighted by Gasteiger charge is -2.10. The molecular formula is C14H19N3OS. The molecule has 0 saturated heterocycles. The molecule has 0 saturated carbocycles. The van der Waals surface area contributed by atoms with Crippen LogP contribution >= 0.6 is 11.8 Å². The van der Waals surface area contributed by atoms with Gasteiger partial charge in [0.15, 0.2) is 5.82 Å². The Morgan fingerprint density at radius 2 is 2.05 bits per heavy atom. The number of aryl methyl sites for hydroxylation is 1. The smallest absolute Gasteiger partial charge is 0.237 e. The van der Waals surface area contributed by atoms with Crippen LogP contribution in [-0.2, 0) is 11.2 Å². The number of rotatable bonds is 3. The maximum atomic E-state index is 5.94. The van der Waals surface area contributed by atoms with E-state index >= 15 is 0 Å². The van der Waals surface area contributed by atoms with E-state index in [9.17, 15) is 0 Å². The number of benzene rings is 1. The molecule has 0 spiro atoms. The minimum atomic E-state index is -0.0885. The van der Waals surface area contributed by atoms with E-state index in [-0.39, 0.29) is 5.41 Å². The van der Waals surface area contributed by atoms with E-state index in [0.717, 1.165) is 16.4 Å². The van der Waals surface area contributed by atoms with Gasteiger partial charge in [0, 0.05) is 16.0 Å². The SMILES string of the molecule is Cc1ccc(N)c(SCc2nc(C(C)(C)C)no2)c1. The van der Waals surface area contributed by atoms with Crippen molar-refractivity contribution in [3.8, 4) is 0 Å². The van der Waals surface area contributed by atoms with Gasteiger partial charge in [-0.2, -0.15) is 4.98 Å². The maximum absolute atomic E-state index is 5.94. The Kier molecular flexibility index (Phi) is 3.85. The molecule has 2 N–H and O–H groups in total. The monoisotopic (exact) mass is 277 g/mol. The molecule has 0 amide bonds. The molecule has 4 nitrogen and oxygen atoms in total. The molecule has 0 bridgehead atoms. The number of thioether (sulfide) groups is 1. The van der Waals surface area contributed by atoms with E-state index in [4.69, 9.17) is 10.3 Å². The van der Waals surface area contributed by atoms with Crippen LogP contribution in [0, 0.1) is 6.92 Å². The van der Waals surface area contributed by atoms with E-state index in [2.05, 4.69) is 37.0 Å². The molecule has 0 unspecified atom stereocenters. The maximum Gasteiger partial charge on any atom is 0.237 e. The van der Waals surface area contributed by atoms with E-state index in [1.165, 1.54) is 5.56 Å². The summed E-state index contributed by atoms with van der Waals surface area (Å²) in [7, 11) is 0. The van der Waals surface area contributed by atoms with Crippen LogP contribution in [0.5, 0.6) is 0 Å². The Hall–Kier alpha value is -1.49. The molecule has 1 aromatic carbocycles. The largest absolute Gasteiger partial charge is 0.398 e. The third-order valence-electron chi connectivity index (χ3n) is 2.66. The van der Waals surface area contributed by atoms with Gasteiger partial charge in [0.2, 0.25) is 5.89 Å². The van der Waals surface area contributed by atoms with Gasteiger partial charge < -0.3 is 10.3 Å². The Balaban J connectivity index is 2.06. The van der Waals surface area contributed by atoms with Crippen LogP contribution in [0.25, 0.3) is 0 Å². The first-order valence-corrected chi connectivity index (χ1v) is 7.17. The van der Waals surface area contributed by atoms with Crippen molar-refractivity contribution in [2.45, 2.75) is 43.8 Å². The minimum Gasteiger partial charge on any atom is -0.398 e. The van der Waals surface area contributed by atoms with Crippen molar-refractivity contribution in [3.63, 3.8) is 0 Å². The van der Waals surface area contributed by atoms with E-state index in [1.54, 1.807) is 11.8 Å². The predicted octanol–water partition coefficient (Wildman–Crippen LogP) is 3.55. The molecule has 2 rings (SSSR count). The normalized spacial score (nSPS) is 11.8. The average molecular weight is 277 g/mol. The van der Waals surface area contributed by atoms with Crippen molar-refractivity contribution < 1.29 is 4.52 Å². The summed E-state index contributed by atoms with van der Waals surface area (Å²) >= 11 is 1.62. The Morgan fingerprint density at radius 3 is 2.68 bits per heavy atom. The number of hydrogen-bond donors (Lipinski definition) is 1. The number of nitrogen functional groups attached to an aromatic ring is 1. The molecule has 1 heterocycles. The van der Waals surface area contributed by atoms with Gasteiger partial charge in [0.25, 0.3) is 0 Å². The Bertz CT molecular complexity index is 572. The van der Waals surface area contributed by atoms with Crippen molar-refractivity contribution in [1.29, 1.82) is 0 Å². The number of hydrogen-bond acceptors (Lipinski definition) is 5. The van der Waals surface area contributed by atoms with Crippen LogP contribution in [0.1, 0.15) is 38.0 Å². The average Bonchev–Trinajstić information content (AvgIpc) is 2.79. The molecule has 1 aromatic heterocycles. The van der Waals surface area contributed by atoms with Crippen molar-refractivity contribution in [3.05, 3.63) is 35.5 Å². The summed E-state index contributed by atoms with van der Waals surface area (Å²) < 4.78 is 5.26.